The number of sulfonamides is 1. The molecule has 0 heterocycles. The number of rotatable bonds is 5. The Morgan fingerprint density at radius 1 is 1.10 bits per heavy atom. The molecule has 0 spiro atoms. The lowest BCUT2D eigenvalue weighted by Crippen LogP contribution is -2.23. The summed E-state index contributed by atoms with van der Waals surface area (Å²) in [6, 6.07) is 15.4. The smallest absolute Gasteiger partial charge is 0.240 e. The van der Waals surface area contributed by atoms with E-state index in [0.717, 1.165) is 11.1 Å². The van der Waals surface area contributed by atoms with Gasteiger partial charge in [-0.05, 0) is 23.8 Å². The molecule has 2 aromatic rings. The first-order chi connectivity index (χ1) is 9.49. The largest absolute Gasteiger partial charge is 0.389 e. The Morgan fingerprint density at radius 2 is 1.80 bits per heavy atom. The Hall–Kier alpha value is -1.76. The highest BCUT2D eigenvalue weighted by Crippen LogP contribution is 2.10. The second kappa shape index (κ2) is 6.13. The van der Waals surface area contributed by atoms with Crippen LogP contribution in [0.15, 0.2) is 59.5 Å². The average molecular weight is 306 g/mol. The van der Waals surface area contributed by atoms with Gasteiger partial charge in [0, 0.05) is 12.1 Å². The molecular weight excluding hydrogens is 292 g/mol. The fourth-order valence-electron chi connectivity index (χ4n) is 1.70. The van der Waals surface area contributed by atoms with E-state index in [-0.39, 0.29) is 16.4 Å². The molecule has 6 heteroatoms. The van der Waals surface area contributed by atoms with Crippen molar-refractivity contribution in [2.45, 2.75) is 11.4 Å². The van der Waals surface area contributed by atoms with Crippen LogP contribution in [0.25, 0.3) is 0 Å². The molecule has 0 fully saturated rings. The second-order valence-electron chi connectivity index (χ2n) is 4.20. The van der Waals surface area contributed by atoms with Crippen molar-refractivity contribution in [3.05, 3.63) is 65.7 Å². The molecule has 0 saturated carbocycles. The summed E-state index contributed by atoms with van der Waals surface area (Å²) in [6.45, 7) is 0.188. The zero-order chi connectivity index (χ0) is 14.6. The minimum absolute atomic E-state index is 0.188. The number of nitrogens with one attached hydrogen (secondary N) is 1. The number of hydrogen-bond donors (Lipinski definition) is 2. The second-order valence-corrected chi connectivity index (χ2v) is 6.41. The van der Waals surface area contributed by atoms with Crippen LogP contribution < -0.4 is 10.5 Å². The molecular formula is C14H14N2O2S2. The van der Waals surface area contributed by atoms with E-state index in [0.29, 0.717) is 0 Å². The number of nitrogens with two attached hydrogens (primary N) is 1. The molecule has 0 atom stereocenters. The van der Waals surface area contributed by atoms with E-state index in [2.05, 4.69) is 4.72 Å². The SMILES string of the molecule is NC(=S)c1cccc(CNS(=O)(=O)c2ccccc2)c1. The Morgan fingerprint density at radius 3 is 2.45 bits per heavy atom. The molecule has 2 rings (SSSR count). The molecule has 0 aliphatic rings. The zero-order valence-electron chi connectivity index (χ0n) is 10.6. The molecule has 0 aromatic heterocycles. The van der Waals surface area contributed by atoms with Gasteiger partial charge in [0.1, 0.15) is 4.99 Å². The van der Waals surface area contributed by atoms with E-state index in [1.165, 1.54) is 0 Å². The predicted molar refractivity (Wildman–Crippen MR) is 82.8 cm³/mol. The quantitative estimate of drug-likeness (QED) is 0.826. The minimum atomic E-state index is -3.51. The number of thiocarbonyl (C=S) groups is 1. The Labute approximate surface area is 123 Å². The van der Waals surface area contributed by atoms with Crippen molar-refractivity contribution in [3.8, 4) is 0 Å². The molecule has 2 aromatic carbocycles. The van der Waals surface area contributed by atoms with Gasteiger partial charge in [0.15, 0.2) is 0 Å². The topological polar surface area (TPSA) is 72.2 Å². The fraction of sp³-hybridized carbons (Fsp3) is 0.0714. The first-order valence-corrected chi connectivity index (χ1v) is 7.81. The van der Waals surface area contributed by atoms with Crippen LogP contribution in [0.1, 0.15) is 11.1 Å². The van der Waals surface area contributed by atoms with Crippen molar-refractivity contribution >= 4 is 27.2 Å². The van der Waals surface area contributed by atoms with Crippen molar-refractivity contribution in [1.82, 2.24) is 4.72 Å². The molecule has 3 N–H and O–H groups in total. The van der Waals surface area contributed by atoms with Gasteiger partial charge in [-0.25, -0.2) is 13.1 Å². The molecule has 0 radical (unpaired) electrons. The molecule has 0 aliphatic heterocycles. The van der Waals surface area contributed by atoms with Crippen LogP contribution in [-0.2, 0) is 16.6 Å². The van der Waals surface area contributed by atoms with Crippen LogP contribution >= 0.6 is 12.2 Å². The van der Waals surface area contributed by atoms with Gasteiger partial charge in [-0.15, -0.1) is 0 Å². The van der Waals surface area contributed by atoms with Crippen molar-refractivity contribution in [3.63, 3.8) is 0 Å². The lowest BCUT2D eigenvalue weighted by atomic mass is 10.1. The molecule has 104 valence electrons. The molecule has 0 aliphatic carbocycles. The van der Waals surface area contributed by atoms with E-state index < -0.39 is 10.0 Å². The maximum atomic E-state index is 12.1. The van der Waals surface area contributed by atoms with Crippen LogP contribution in [0.4, 0.5) is 0 Å². The third-order valence-corrected chi connectivity index (χ3v) is 4.38. The average Bonchev–Trinajstić information content (AvgIpc) is 2.46. The van der Waals surface area contributed by atoms with Gasteiger partial charge in [0.2, 0.25) is 10.0 Å². The molecule has 20 heavy (non-hydrogen) atoms. The standard InChI is InChI=1S/C14H14N2O2S2/c15-14(19)12-6-4-5-11(9-12)10-16-20(17,18)13-7-2-1-3-8-13/h1-9,16H,10H2,(H2,15,19). The zero-order valence-corrected chi connectivity index (χ0v) is 12.2. The minimum Gasteiger partial charge on any atom is -0.389 e. The molecule has 0 saturated heterocycles. The normalized spacial score (nSPS) is 11.2. The van der Waals surface area contributed by atoms with E-state index in [1.54, 1.807) is 48.5 Å². The van der Waals surface area contributed by atoms with Crippen LogP contribution in [0.3, 0.4) is 0 Å². The Kier molecular flexibility index (Phi) is 4.49. The predicted octanol–water partition coefficient (Wildman–Crippen LogP) is 1.80. The maximum Gasteiger partial charge on any atom is 0.240 e. The van der Waals surface area contributed by atoms with E-state index in [9.17, 15) is 8.42 Å². The third kappa shape index (κ3) is 3.63. The van der Waals surface area contributed by atoms with Gasteiger partial charge in [-0.1, -0.05) is 48.6 Å². The van der Waals surface area contributed by atoms with Gasteiger partial charge in [-0.3, -0.25) is 0 Å². The molecule has 0 bridgehead atoms. The van der Waals surface area contributed by atoms with Gasteiger partial charge in [-0.2, -0.15) is 0 Å². The molecule has 0 amide bonds. The number of benzene rings is 2. The van der Waals surface area contributed by atoms with Gasteiger partial charge < -0.3 is 5.73 Å². The number of hydrogen-bond acceptors (Lipinski definition) is 3. The van der Waals surface area contributed by atoms with Gasteiger partial charge in [0.25, 0.3) is 0 Å². The highest BCUT2D eigenvalue weighted by molar-refractivity contribution is 7.89. The first kappa shape index (κ1) is 14.6. The van der Waals surface area contributed by atoms with Crippen LogP contribution in [-0.4, -0.2) is 13.4 Å². The van der Waals surface area contributed by atoms with E-state index in [1.807, 2.05) is 6.07 Å². The monoisotopic (exact) mass is 306 g/mol. The van der Waals surface area contributed by atoms with E-state index in [4.69, 9.17) is 18.0 Å². The summed E-state index contributed by atoms with van der Waals surface area (Å²) < 4.78 is 26.7. The summed E-state index contributed by atoms with van der Waals surface area (Å²) in [4.78, 5) is 0.531. The first-order valence-electron chi connectivity index (χ1n) is 5.92. The Balaban J connectivity index is 2.13. The highest BCUT2D eigenvalue weighted by Gasteiger charge is 2.12. The van der Waals surface area contributed by atoms with Gasteiger partial charge in [0.05, 0.1) is 4.90 Å². The summed E-state index contributed by atoms with van der Waals surface area (Å²) in [5, 5.41) is 0. The highest BCUT2D eigenvalue weighted by atomic mass is 32.2. The summed E-state index contributed by atoms with van der Waals surface area (Å²) in [6.07, 6.45) is 0. The van der Waals surface area contributed by atoms with Gasteiger partial charge >= 0.3 is 0 Å². The Bertz CT molecular complexity index is 713. The third-order valence-electron chi connectivity index (χ3n) is 2.73. The van der Waals surface area contributed by atoms with Crippen LogP contribution in [0, 0.1) is 0 Å². The lowest BCUT2D eigenvalue weighted by molar-refractivity contribution is 0.581. The van der Waals surface area contributed by atoms with Crippen molar-refractivity contribution in [2.24, 2.45) is 5.73 Å². The fourth-order valence-corrected chi connectivity index (χ4v) is 2.86. The van der Waals surface area contributed by atoms with Crippen molar-refractivity contribution in [2.75, 3.05) is 0 Å². The maximum absolute atomic E-state index is 12.1. The lowest BCUT2D eigenvalue weighted by Gasteiger charge is -2.08. The summed E-state index contributed by atoms with van der Waals surface area (Å²) >= 11 is 4.89. The van der Waals surface area contributed by atoms with Crippen molar-refractivity contribution in [1.29, 1.82) is 0 Å². The van der Waals surface area contributed by atoms with Crippen LogP contribution in [0.5, 0.6) is 0 Å². The summed E-state index contributed by atoms with van der Waals surface area (Å²) in [5.74, 6) is 0. The van der Waals surface area contributed by atoms with Crippen LogP contribution in [0.2, 0.25) is 0 Å². The summed E-state index contributed by atoms with van der Waals surface area (Å²) in [7, 11) is -3.51. The molecule has 0 unspecified atom stereocenters. The van der Waals surface area contributed by atoms with E-state index >= 15 is 0 Å². The molecule has 4 nitrogen and oxygen atoms in total. The van der Waals surface area contributed by atoms with Crippen molar-refractivity contribution < 1.29 is 8.42 Å². The summed E-state index contributed by atoms with van der Waals surface area (Å²) in [5.41, 5.74) is 7.07.